The molecule has 0 bridgehead atoms. The van der Waals surface area contributed by atoms with Gasteiger partial charge in [-0.25, -0.2) is 0 Å². The Labute approximate surface area is 111 Å². The highest BCUT2D eigenvalue weighted by Crippen LogP contribution is 2.19. The Morgan fingerprint density at radius 2 is 2.26 bits per heavy atom. The van der Waals surface area contributed by atoms with Crippen LogP contribution in [0.4, 0.5) is 5.82 Å². The van der Waals surface area contributed by atoms with Gasteiger partial charge in [0, 0.05) is 12.0 Å². The topological polar surface area (TPSA) is 54.1 Å². The molecule has 0 radical (unpaired) electrons. The van der Waals surface area contributed by atoms with E-state index >= 15 is 0 Å². The quantitative estimate of drug-likeness (QED) is 0.889. The van der Waals surface area contributed by atoms with Crippen LogP contribution in [0.15, 0.2) is 35.1 Å². The summed E-state index contributed by atoms with van der Waals surface area (Å²) in [6, 6.07) is 9.77. The number of hydrogen-bond donors (Lipinski definition) is 2. The van der Waals surface area contributed by atoms with Crippen LogP contribution >= 0.6 is 0 Å². The van der Waals surface area contributed by atoms with Gasteiger partial charge in [0.05, 0.1) is 12.1 Å². The molecule has 4 heteroatoms. The molecule has 0 amide bonds. The Kier molecular flexibility index (Phi) is 3.25. The first-order valence-electron chi connectivity index (χ1n) is 6.74. The van der Waals surface area contributed by atoms with Gasteiger partial charge in [-0.3, -0.25) is 4.79 Å². The number of pyridine rings is 1. The Bertz CT molecular complexity index is 629. The van der Waals surface area contributed by atoms with Crippen LogP contribution in [0.3, 0.4) is 0 Å². The molecule has 1 saturated heterocycles. The van der Waals surface area contributed by atoms with Crippen molar-refractivity contribution >= 4 is 16.6 Å². The highest BCUT2D eigenvalue weighted by molar-refractivity contribution is 5.83. The van der Waals surface area contributed by atoms with Gasteiger partial charge in [0.1, 0.15) is 5.82 Å². The average Bonchev–Trinajstić information content (AvgIpc) is 2.93. The number of ether oxygens (including phenoxy) is 1. The maximum absolute atomic E-state index is 12.0. The van der Waals surface area contributed by atoms with Crippen LogP contribution in [-0.2, 0) is 4.74 Å². The van der Waals surface area contributed by atoms with Gasteiger partial charge in [-0.15, -0.1) is 0 Å². The second-order valence-corrected chi connectivity index (χ2v) is 5.08. The minimum atomic E-state index is -0.0554. The van der Waals surface area contributed by atoms with E-state index < -0.39 is 0 Å². The molecular weight excluding hydrogens is 240 g/mol. The van der Waals surface area contributed by atoms with Crippen LogP contribution in [0.2, 0.25) is 0 Å². The summed E-state index contributed by atoms with van der Waals surface area (Å²) in [6.45, 7) is 2.93. The van der Waals surface area contributed by atoms with Gasteiger partial charge in [0.15, 0.2) is 0 Å². The minimum Gasteiger partial charge on any atom is -0.376 e. The summed E-state index contributed by atoms with van der Waals surface area (Å²) in [6.07, 6.45) is 2.42. The van der Waals surface area contributed by atoms with E-state index in [0.717, 1.165) is 36.0 Å². The molecular formula is C15H18N2O2. The monoisotopic (exact) mass is 258 g/mol. The third kappa shape index (κ3) is 2.49. The van der Waals surface area contributed by atoms with Crippen molar-refractivity contribution in [3.8, 4) is 0 Å². The molecule has 0 spiro atoms. The van der Waals surface area contributed by atoms with Crippen molar-refractivity contribution in [3.05, 3.63) is 40.7 Å². The molecule has 1 aromatic heterocycles. The molecule has 2 heterocycles. The van der Waals surface area contributed by atoms with Crippen LogP contribution in [0.25, 0.3) is 10.8 Å². The van der Waals surface area contributed by atoms with E-state index in [1.165, 1.54) is 0 Å². The lowest BCUT2D eigenvalue weighted by molar-refractivity contribution is 0.0995. The number of aromatic nitrogens is 1. The van der Waals surface area contributed by atoms with E-state index in [4.69, 9.17) is 4.74 Å². The lowest BCUT2D eigenvalue weighted by Gasteiger charge is -2.21. The molecule has 1 aliphatic heterocycles. The van der Waals surface area contributed by atoms with Gasteiger partial charge in [-0.05, 0) is 37.3 Å². The van der Waals surface area contributed by atoms with Crippen LogP contribution in [0.1, 0.15) is 19.8 Å². The number of fused-ring (bicyclic) bond motifs is 1. The van der Waals surface area contributed by atoms with Crippen LogP contribution in [0.5, 0.6) is 0 Å². The molecule has 100 valence electrons. The van der Waals surface area contributed by atoms with Gasteiger partial charge in [-0.1, -0.05) is 18.2 Å². The highest BCUT2D eigenvalue weighted by atomic mass is 16.5. The van der Waals surface area contributed by atoms with Crippen molar-refractivity contribution in [2.75, 3.05) is 11.9 Å². The fourth-order valence-electron chi connectivity index (χ4n) is 2.62. The standard InChI is InChI=1S/C15H18N2O2/c1-10(13-7-4-8-19-13)16-14-9-11-5-2-3-6-12(11)15(18)17-14/h2-3,5-6,9-10,13H,4,7-8H2,1H3,(H2,16,17,18). The maximum atomic E-state index is 12.0. The summed E-state index contributed by atoms with van der Waals surface area (Å²) < 4.78 is 5.65. The lowest BCUT2D eigenvalue weighted by atomic mass is 10.1. The highest BCUT2D eigenvalue weighted by Gasteiger charge is 2.22. The summed E-state index contributed by atoms with van der Waals surface area (Å²) in [5.74, 6) is 0.756. The van der Waals surface area contributed by atoms with E-state index in [1.807, 2.05) is 30.3 Å². The number of benzene rings is 1. The summed E-state index contributed by atoms with van der Waals surface area (Å²) in [5, 5.41) is 5.01. The molecule has 3 rings (SSSR count). The molecule has 1 aliphatic rings. The summed E-state index contributed by atoms with van der Waals surface area (Å²) in [7, 11) is 0. The third-order valence-corrected chi connectivity index (χ3v) is 3.66. The Hall–Kier alpha value is -1.81. The van der Waals surface area contributed by atoms with E-state index in [2.05, 4.69) is 17.2 Å². The number of H-pyrrole nitrogens is 1. The zero-order valence-corrected chi connectivity index (χ0v) is 11.0. The fourth-order valence-corrected chi connectivity index (χ4v) is 2.62. The summed E-state index contributed by atoms with van der Waals surface area (Å²) in [5.41, 5.74) is -0.0554. The van der Waals surface area contributed by atoms with Gasteiger partial charge in [-0.2, -0.15) is 0 Å². The second-order valence-electron chi connectivity index (χ2n) is 5.08. The number of anilines is 1. The third-order valence-electron chi connectivity index (χ3n) is 3.66. The first-order valence-corrected chi connectivity index (χ1v) is 6.74. The number of nitrogens with one attached hydrogen (secondary N) is 2. The first kappa shape index (κ1) is 12.2. The zero-order chi connectivity index (χ0) is 13.2. The van der Waals surface area contributed by atoms with Crippen LogP contribution in [0, 0.1) is 0 Å². The van der Waals surface area contributed by atoms with Crippen molar-refractivity contribution < 1.29 is 4.74 Å². The normalized spacial score (nSPS) is 20.6. The molecule has 2 atom stereocenters. The number of hydrogen-bond acceptors (Lipinski definition) is 3. The Balaban J connectivity index is 1.86. The molecule has 1 aromatic carbocycles. The average molecular weight is 258 g/mol. The van der Waals surface area contributed by atoms with Crippen molar-refractivity contribution in [1.29, 1.82) is 0 Å². The van der Waals surface area contributed by atoms with Crippen molar-refractivity contribution in [3.63, 3.8) is 0 Å². The molecule has 4 nitrogen and oxygen atoms in total. The predicted octanol–water partition coefficient (Wildman–Crippen LogP) is 2.51. The van der Waals surface area contributed by atoms with Gasteiger partial charge < -0.3 is 15.0 Å². The molecule has 1 fully saturated rings. The molecule has 2 aromatic rings. The zero-order valence-electron chi connectivity index (χ0n) is 11.0. The minimum absolute atomic E-state index is 0.0554. The fraction of sp³-hybridized carbons (Fsp3) is 0.400. The molecule has 0 aliphatic carbocycles. The maximum Gasteiger partial charge on any atom is 0.257 e. The first-order chi connectivity index (χ1) is 9.24. The Morgan fingerprint density at radius 1 is 1.42 bits per heavy atom. The van der Waals surface area contributed by atoms with Crippen molar-refractivity contribution in [2.45, 2.75) is 31.9 Å². The second kappa shape index (κ2) is 5.05. The SMILES string of the molecule is CC(Nc1cc2ccccc2c(=O)[nH]1)C1CCCO1. The summed E-state index contributed by atoms with van der Waals surface area (Å²) >= 11 is 0. The Morgan fingerprint density at radius 3 is 3.05 bits per heavy atom. The van der Waals surface area contributed by atoms with Crippen molar-refractivity contribution in [2.24, 2.45) is 0 Å². The van der Waals surface area contributed by atoms with Crippen molar-refractivity contribution in [1.82, 2.24) is 4.98 Å². The van der Waals surface area contributed by atoms with E-state index in [-0.39, 0.29) is 17.7 Å². The largest absolute Gasteiger partial charge is 0.376 e. The predicted molar refractivity (Wildman–Crippen MR) is 76.6 cm³/mol. The molecule has 0 saturated carbocycles. The van der Waals surface area contributed by atoms with Crippen LogP contribution < -0.4 is 10.9 Å². The van der Waals surface area contributed by atoms with Gasteiger partial charge in [0.2, 0.25) is 0 Å². The molecule has 19 heavy (non-hydrogen) atoms. The van der Waals surface area contributed by atoms with Crippen LogP contribution in [-0.4, -0.2) is 23.7 Å². The molecule has 2 N–H and O–H groups in total. The molecule has 2 unspecified atom stereocenters. The van der Waals surface area contributed by atoms with E-state index in [9.17, 15) is 4.79 Å². The van der Waals surface area contributed by atoms with Gasteiger partial charge >= 0.3 is 0 Å². The number of aromatic amines is 1. The summed E-state index contributed by atoms with van der Waals surface area (Å²) in [4.78, 5) is 14.9. The van der Waals surface area contributed by atoms with E-state index in [1.54, 1.807) is 0 Å². The number of rotatable bonds is 3. The smallest absolute Gasteiger partial charge is 0.257 e. The van der Waals surface area contributed by atoms with E-state index in [0.29, 0.717) is 0 Å². The lowest BCUT2D eigenvalue weighted by Crippen LogP contribution is -2.31. The van der Waals surface area contributed by atoms with Gasteiger partial charge in [0.25, 0.3) is 5.56 Å².